The predicted molar refractivity (Wildman–Crippen MR) is 145 cm³/mol. The summed E-state index contributed by atoms with van der Waals surface area (Å²) in [5.74, 6) is 0.0220. The molecule has 4 heteroatoms. The summed E-state index contributed by atoms with van der Waals surface area (Å²) in [6.07, 6.45) is 1.38. The van der Waals surface area contributed by atoms with Gasteiger partial charge < -0.3 is 4.98 Å². The monoisotopic (exact) mass is 482 g/mol. The van der Waals surface area contributed by atoms with Gasteiger partial charge in [-0.3, -0.25) is 14.5 Å². The Morgan fingerprint density at radius 3 is 2.43 bits per heavy atom. The van der Waals surface area contributed by atoms with Crippen molar-refractivity contribution in [3.8, 4) is 0 Å². The second-order valence-corrected chi connectivity index (χ2v) is 10.9. The number of Topliss-reactive ketones (excluding diaryl/α,β-unsaturated/α-hetero) is 2. The smallest absolute Gasteiger partial charge is 0.189 e. The van der Waals surface area contributed by atoms with E-state index in [1.54, 1.807) is 0 Å². The summed E-state index contributed by atoms with van der Waals surface area (Å²) in [6, 6.07) is 30.7. The summed E-state index contributed by atoms with van der Waals surface area (Å²) in [4.78, 5) is 35.6. The summed E-state index contributed by atoms with van der Waals surface area (Å²) in [5.41, 5.74) is 3.61. The Balaban J connectivity index is 1.47. The Morgan fingerprint density at radius 1 is 0.838 bits per heavy atom. The van der Waals surface area contributed by atoms with Gasteiger partial charge in [0.15, 0.2) is 11.6 Å². The predicted octanol–water partition coefficient (Wildman–Crippen LogP) is 6.26. The van der Waals surface area contributed by atoms with Crippen molar-refractivity contribution in [2.45, 2.75) is 24.3 Å². The van der Waals surface area contributed by atoms with E-state index in [1.165, 1.54) is 0 Å². The molecule has 3 atom stereocenters. The number of aryl methyl sites for hydroxylation is 1. The van der Waals surface area contributed by atoms with Crippen LogP contribution >= 0.6 is 0 Å². The van der Waals surface area contributed by atoms with Gasteiger partial charge in [-0.1, -0.05) is 84.9 Å². The first kappa shape index (κ1) is 21.1. The largest absolute Gasteiger partial charge is 0.352 e. The maximum atomic E-state index is 15.1. The molecule has 0 saturated carbocycles. The fraction of sp³-hybridized carbons (Fsp3) is 0.212. The second-order valence-electron chi connectivity index (χ2n) is 10.9. The molecule has 37 heavy (non-hydrogen) atoms. The number of rotatable bonds is 1. The Hall–Kier alpha value is -4.02. The molecular weight excluding hydrogens is 456 g/mol. The Morgan fingerprint density at radius 2 is 1.59 bits per heavy atom. The van der Waals surface area contributed by atoms with Crippen molar-refractivity contribution in [2.24, 2.45) is 5.41 Å². The summed E-state index contributed by atoms with van der Waals surface area (Å²) in [6.45, 7) is 0.640. The molecule has 5 aromatic rings. The Bertz CT molecular complexity index is 1780. The molecule has 0 radical (unpaired) electrons. The zero-order chi connectivity index (χ0) is 24.9. The molecule has 4 aromatic carbocycles. The number of likely N-dealkylation sites (N-methyl/N-ethyl adjacent to an activating group) is 1. The first-order valence-corrected chi connectivity index (χ1v) is 13.1. The van der Waals surface area contributed by atoms with Crippen LogP contribution in [0.3, 0.4) is 0 Å². The maximum Gasteiger partial charge on any atom is 0.189 e. The van der Waals surface area contributed by atoms with E-state index < -0.39 is 11.0 Å². The van der Waals surface area contributed by atoms with Crippen LogP contribution in [-0.4, -0.2) is 35.0 Å². The van der Waals surface area contributed by atoms with Gasteiger partial charge in [0, 0.05) is 28.9 Å². The van der Waals surface area contributed by atoms with Gasteiger partial charge in [-0.2, -0.15) is 0 Å². The number of hydrogen-bond acceptors (Lipinski definition) is 3. The molecule has 3 aliphatic rings. The highest BCUT2D eigenvalue weighted by Crippen LogP contribution is 2.67. The normalized spacial score (nSPS) is 26.7. The van der Waals surface area contributed by atoms with Crippen molar-refractivity contribution >= 4 is 33.2 Å². The minimum absolute atomic E-state index is 0.0631. The lowest BCUT2D eigenvalue weighted by Gasteiger charge is -2.48. The molecule has 0 amide bonds. The first-order valence-electron chi connectivity index (χ1n) is 13.1. The van der Waals surface area contributed by atoms with Crippen LogP contribution in [0.2, 0.25) is 0 Å². The fourth-order valence-corrected chi connectivity index (χ4v) is 8.20. The number of para-hydroxylation sites is 1. The van der Waals surface area contributed by atoms with Crippen LogP contribution in [0.5, 0.6) is 0 Å². The average Bonchev–Trinajstić information content (AvgIpc) is 3.53. The van der Waals surface area contributed by atoms with E-state index in [1.807, 2.05) is 61.6 Å². The third kappa shape index (κ3) is 2.29. The zero-order valence-electron chi connectivity index (χ0n) is 20.6. The van der Waals surface area contributed by atoms with Crippen molar-refractivity contribution < 1.29 is 9.59 Å². The SMILES string of the molecule is CN1C[C@@H](c2ccccc2)[C@@]2(CCc3c([nH]c4ccccc34)C2=O)[C@]12C(=O)c1cccc3cccc2c13. The minimum Gasteiger partial charge on any atom is -0.352 e. The van der Waals surface area contributed by atoms with Gasteiger partial charge in [-0.05, 0) is 53.4 Å². The van der Waals surface area contributed by atoms with Crippen molar-refractivity contribution in [3.63, 3.8) is 0 Å². The fourth-order valence-electron chi connectivity index (χ4n) is 8.20. The molecule has 1 fully saturated rings. The van der Waals surface area contributed by atoms with Crippen LogP contribution in [0.4, 0.5) is 0 Å². The summed E-state index contributed by atoms with van der Waals surface area (Å²) in [7, 11) is 2.04. The number of ketones is 2. The standard InChI is InChI=1S/C33H26N2O2/c1-35-19-26(20-9-3-2-4-10-20)32(18-17-23-22-13-5-6-16-27(22)34-29(23)31(32)37)33(35)25-15-8-12-21-11-7-14-24(28(21)25)30(33)36/h2-16,26,34H,17-19H2,1H3/t26-,32+,33-/m0/s1. The van der Waals surface area contributed by atoms with Gasteiger partial charge in [0.1, 0.15) is 5.54 Å². The van der Waals surface area contributed by atoms with E-state index in [-0.39, 0.29) is 17.5 Å². The van der Waals surface area contributed by atoms with E-state index in [4.69, 9.17) is 0 Å². The lowest BCUT2D eigenvalue weighted by Crippen LogP contribution is -2.59. The van der Waals surface area contributed by atoms with Gasteiger partial charge >= 0.3 is 0 Å². The zero-order valence-corrected chi connectivity index (χ0v) is 20.6. The number of fused-ring (bicyclic) bond motifs is 5. The topological polar surface area (TPSA) is 53.2 Å². The summed E-state index contributed by atoms with van der Waals surface area (Å²) < 4.78 is 0. The van der Waals surface area contributed by atoms with Crippen LogP contribution in [0.15, 0.2) is 91.0 Å². The molecular formula is C33H26N2O2. The highest BCUT2D eigenvalue weighted by Gasteiger charge is 2.73. The van der Waals surface area contributed by atoms with Crippen LogP contribution < -0.4 is 0 Å². The van der Waals surface area contributed by atoms with Gasteiger partial charge in [0.05, 0.1) is 11.1 Å². The number of aromatic nitrogens is 1. The molecule has 4 nitrogen and oxygen atoms in total. The molecule has 1 aromatic heterocycles. The molecule has 1 N–H and O–H groups in total. The number of hydrogen-bond donors (Lipinski definition) is 1. The Kier molecular flexibility index (Phi) is 4.02. The van der Waals surface area contributed by atoms with Crippen LogP contribution in [0, 0.1) is 5.41 Å². The summed E-state index contributed by atoms with van der Waals surface area (Å²) in [5, 5.41) is 3.17. The third-order valence-electron chi connectivity index (χ3n) is 9.55. The molecule has 1 aliphatic heterocycles. The molecule has 2 heterocycles. The molecule has 2 aliphatic carbocycles. The van der Waals surface area contributed by atoms with Crippen molar-refractivity contribution in [1.29, 1.82) is 0 Å². The highest BCUT2D eigenvalue weighted by atomic mass is 16.1. The second kappa shape index (κ2) is 7.05. The molecule has 0 unspecified atom stereocenters. The van der Waals surface area contributed by atoms with E-state index in [2.05, 4.69) is 46.3 Å². The van der Waals surface area contributed by atoms with Gasteiger partial charge in [0.25, 0.3) is 0 Å². The maximum absolute atomic E-state index is 15.1. The van der Waals surface area contributed by atoms with Crippen molar-refractivity contribution in [2.75, 3.05) is 13.6 Å². The molecule has 0 bridgehead atoms. The number of likely N-dealkylation sites (tertiary alicyclic amines) is 1. The third-order valence-corrected chi connectivity index (χ3v) is 9.55. The number of nitrogens with one attached hydrogen (secondary N) is 1. The average molecular weight is 483 g/mol. The number of carbonyl (C=O) groups is 2. The van der Waals surface area contributed by atoms with Gasteiger partial charge in [0.2, 0.25) is 0 Å². The molecule has 8 rings (SSSR count). The van der Waals surface area contributed by atoms with Crippen LogP contribution in [0.1, 0.15) is 49.9 Å². The number of carbonyl (C=O) groups excluding carboxylic acids is 2. The van der Waals surface area contributed by atoms with Gasteiger partial charge in [-0.25, -0.2) is 0 Å². The van der Waals surface area contributed by atoms with E-state index in [0.717, 1.165) is 50.4 Å². The van der Waals surface area contributed by atoms with E-state index >= 15 is 4.79 Å². The number of H-pyrrole nitrogens is 1. The van der Waals surface area contributed by atoms with Crippen molar-refractivity contribution in [3.05, 3.63) is 119 Å². The molecule has 1 saturated heterocycles. The van der Waals surface area contributed by atoms with E-state index in [0.29, 0.717) is 18.7 Å². The van der Waals surface area contributed by atoms with Crippen LogP contribution in [0.25, 0.3) is 21.7 Å². The number of nitrogens with zero attached hydrogens (tertiary/aromatic N) is 1. The summed E-state index contributed by atoms with van der Waals surface area (Å²) >= 11 is 0. The van der Waals surface area contributed by atoms with Crippen molar-refractivity contribution in [1.82, 2.24) is 9.88 Å². The Labute approximate surface area is 214 Å². The molecule has 180 valence electrons. The highest BCUT2D eigenvalue weighted by molar-refractivity contribution is 6.24. The number of aromatic amines is 1. The van der Waals surface area contributed by atoms with Gasteiger partial charge in [-0.15, -0.1) is 0 Å². The number of benzene rings is 4. The van der Waals surface area contributed by atoms with Crippen LogP contribution in [-0.2, 0) is 12.0 Å². The lowest BCUT2D eigenvalue weighted by molar-refractivity contribution is 0.0262. The molecule has 2 spiro atoms. The quantitative estimate of drug-likeness (QED) is 0.307. The minimum atomic E-state index is -1.05. The lowest BCUT2D eigenvalue weighted by atomic mass is 9.53. The van der Waals surface area contributed by atoms with E-state index in [9.17, 15) is 4.79 Å². The first-order chi connectivity index (χ1) is 18.1.